The van der Waals surface area contributed by atoms with Crippen molar-refractivity contribution in [2.45, 2.75) is 19.8 Å². The zero-order chi connectivity index (χ0) is 11.4. The number of hydrogen-bond donors (Lipinski definition) is 2. The van der Waals surface area contributed by atoms with E-state index in [0.717, 1.165) is 29.0 Å². The highest BCUT2D eigenvalue weighted by Gasteiger charge is 2.05. The molecule has 0 aliphatic heterocycles. The highest BCUT2D eigenvalue weighted by molar-refractivity contribution is 6.31. The van der Waals surface area contributed by atoms with Gasteiger partial charge in [0.25, 0.3) is 0 Å². The van der Waals surface area contributed by atoms with Gasteiger partial charge < -0.3 is 10.1 Å². The van der Waals surface area contributed by atoms with Gasteiger partial charge in [-0.1, -0.05) is 25.4 Å². The summed E-state index contributed by atoms with van der Waals surface area (Å²) < 4.78 is 0. The zero-order valence-corrected chi connectivity index (χ0v) is 9.84. The van der Waals surface area contributed by atoms with Crippen LogP contribution in [0.5, 0.6) is 0 Å². The molecule has 15 heavy (non-hydrogen) atoms. The lowest BCUT2D eigenvalue weighted by atomic mass is 10.2. The third-order valence-corrected chi connectivity index (χ3v) is 2.24. The minimum Gasteiger partial charge on any atom is -0.400 e. The third-order valence-electron chi connectivity index (χ3n) is 2.01. The summed E-state index contributed by atoms with van der Waals surface area (Å²) >= 11 is 5.86. The number of nitrogens with zero attached hydrogens (tertiary/aromatic N) is 1. The molecule has 0 spiro atoms. The fourth-order valence-corrected chi connectivity index (χ4v) is 1.45. The number of fused-ring (bicyclic) bond motifs is 1. The van der Waals surface area contributed by atoms with Crippen LogP contribution in [0.2, 0.25) is 5.02 Å². The zero-order valence-electron chi connectivity index (χ0n) is 9.08. The van der Waals surface area contributed by atoms with Crippen LogP contribution in [-0.4, -0.2) is 22.2 Å². The minimum atomic E-state index is 0.422. The van der Waals surface area contributed by atoms with E-state index >= 15 is 0 Å². The molecule has 2 aromatic rings. The van der Waals surface area contributed by atoms with Gasteiger partial charge in [-0.2, -0.15) is 0 Å². The molecule has 82 valence electrons. The lowest BCUT2D eigenvalue weighted by molar-refractivity contribution is 0.399. The number of aromatic amines is 1. The van der Waals surface area contributed by atoms with Crippen molar-refractivity contribution >= 4 is 22.6 Å². The van der Waals surface area contributed by atoms with Crippen molar-refractivity contribution < 1.29 is 5.11 Å². The van der Waals surface area contributed by atoms with Gasteiger partial charge in [0.05, 0.1) is 11.0 Å². The van der Waals surface area contributed by atoms with Crippen LogP contribution in [0.15, 0.2) is 18.2 Å². The second-order valence-corrected chi connectivity index (χ2v) is 3.87. The van der Waals surface area contributed by atoms with Crippen molar-refractivity contribution in [2.75, 3.05) is 7.11 Å². The van der Waals surface area contributed by atoms with Crippen LogP contribution in [0.25, 0.3) is 11.0 Å². The van der Waals surface area contributed by atoms with Gasteiger partial charge in [0, 0.05) is 18.1 Å². The Balaban J connectivity index is 0.000000531. The quantitative estimate of drug-likeness (QED) is 0.786. The van der Waals surface area contributed by atoms with Crippen molar-refractivity contribution in [2.24, 2.45) is 0 Å². The molecule has 0 aliphatic rings. The summed E-state index contributed by atoms with van der Waals surface area (Å²) in [7, 11) is 1.00. The van der Waals surface area contributed by atoms with Crippen LogP contribution in [0.3, 0.4) is 0 Å². The first-order valence-electron chi connectivity index (χ1n) is 4.76. The van der Waals surface area contributed by atoms with E-state index in [1.807, 2.05) is 18.2 Å². The van der Waals surface area contributed by atoms with Crippen molar-refractivity contribution in [3.05, 3.63) is 29.0 Å². The Labute approximate surface area is 94.1 Å². The van der Waals surface area contributed by atoms with Crippen LogP contribution in [0.1, 0.15) is 25.6 Å². The molecule has 1 aromatic carbocycles. The van der Waals surface area contributed by atoms with Gasteiger partial charge in [-0.15, -0.1) is 0 Å². The highest BCUT2D eigenvalue weighted by atomic mass is 35.5. The summed E-state index contributed by atoms with van der Waals surface area (Å²) in [5.74, 6) is 1.43. The number of aliphatic hydroxyl groups is 1. The topological polar surface area (TPSA) is 48.9 Å². The average Bonchev–Trinajstić information content (AvgIpc) is 2.63. The Morgan fingerprint density at radius 1 is 1.33 bits per heavy atom. The lowest BCUT2D eigenvalue weighted by Gasteiger charge is -1.95. The molecule has 2 N–H and O–H groups in total. The molecule has 3 nitrogen and oxygen atoms in total. The Kier molecular flexibility index (Phi) is 4.12. The maximum absolute atomic E-state index is 7.00. The predicted molar refractivity (Wildman–Crippen MR) is 63.3 cm³/mol. The van der Waals surface area contributed by atoms with Gasteiger partial charge in [-0.05, 0) is 18.2 Å². The molecule has 1 aromatic heterocycles. The molecule has 2 rings (SSSR count). The van der Waals surface area contributed by atoms with Gasteiger partial charge in [0.2, 0.25) is 0 Å². The summed E-state index contributed by atoms with van der Waals surface area (Å²) in [6.07, 6.45) is 0. The van der Waals surface area contributed by atoms with Crippen molar-refractivity contribution in [3.63, 3.8) is 0 Å². The molecule has 0 atom stereocenters. The van der Waals surface area contributed by atoms with Crippen molar-refractivity contribution in [1.82, 2.24) is 9.97 Å². The number of H-pyrrole nitrogens is 1. The van der Waals surface area contributed by atoms with Crippen LogP contribution in [0.4, 0.5) is 0 Å². The van der Waals surface area contributed by atoms with E-state index in [1.165, 1.54) is 0 Å². The predicted octanol–water partition coefficient (Wildman–Crippen LogP) is 2.95. The largest absolute Gasteiger partial charge is 0.400 e. The third kappa shape index (κ3) is 2.70. The number of hydrogen-bond acceptors (Lipinski definition) is 2. The second-order valence-electron chi connectivity index (χ2n) is 3.44. The Morgan fingerprint density at radius 3 is 2.60 bits per heavy atom. The first-order chi connectivity index (χ1) is 7.16. The van der Waals surface area contributed by atoms with E-state index < -0.39 is 0 Å². The minimum absolute atomic E-state index is 0.422. The van der Waals surface area contributed by atoms with Crippen LogP contribution in [-0.2, 0) is 0 Å². The van der Waals surface area contributed by atoms with E-state index in [1.54, 1.807) is 0 Å². The molecule has 0 saturated carbocycles. The summed E-state index contributed by atoms with van der Waals surface area (Å²) in [5, 5.41) is 7.74. The molecule has 0 saturated heterocycles. The number of imidazole rings is 1. The Bertz CT molecular complexity index is 437. The highest BCUT2D eigenvalue weighted by Crippen LogP contribution is 2.20. The number of nitrogens with one attached hydrogen (secondary N) is 1. The SMILES string of the molecule is CC(C)c1nc2ccc(Cl)cc2[nH]1.CO. The van der Waals surface area contributed by atoms with E-state index in [0.29, 0.717) is 5.92 Å². The Morgan fingerprint density at radius 2 is 2.00 bits per heavy atom. The Hall–Kier alpha value is -1.06. The number of benzene rings is 1. The standard InChI is InChI=1S/C10H11ClN2.CH4O/c1-6(2)10-12-8-4-3-7(11)5-9(8)13-10;1-2/h3-6H,1-2H3,(H,12,13);2H,1H3. The molecule has 0 amide bonds. The van der Waals surface area contributed by atoms with E-state index in [-0.39, 0.29) is 0 Å². The molecule has 0 fully saturated rings. The molecule has 1 heterocycles. The van der Waals surface area contributed by atoms with Gasteiger partial charge in [-0.3, -0.25) is 0 Å². The van der Waals surface area contributed by atoms with Gasteiger partial charge in [0.1, 0.15) is 5.82 Å². The summed E-state index contributed by atoms with van der Waals surface area (Å²) in [6.45, 7) is 4.22. The van der Waals surface area contributed by atoms with E-state index in [2.05, 4.69) is 23.8 Å². The maximum Gasteiger partial charge on any atom is 0.109 e. The van der Waals surface area contributed by atoms with Crippen LogP contribution >= 0.6 is 11.6 Å². The first-order valence-corrected chi connectivity index (χ1v) is 5.14. The number of aliphatic hydroxyl groups excluding tert-OH is 1. The fourth-order valence-electron chi connectivity index (χ4n) is 1.28. The molecule has 0 bridgehead atoms. The second kappa shape index (κ2) is 5.14. The van der Waals surface area contributed by atoms with Gasteiger partial charge in [0.15, 0.2) is 0 Å². The van der Waals surface area contributed by atoms with Gasteiger partial charge in [-0.25, -0.2) is 4.98 Å². The maximum atomic E-state index is 7.00. The fraction of sp³-hybridized carbons (Fsp3) is 0.364. The number of rotatable bonds is 1. The molecule has 0 unspecified atom stereocenters. The monoisotopic (exact) mass is 226 g/mol. The summed E-state index contributed by atoms with van der Waals surface area (Å²) in [6, 6.07) is 5.69. The number of aromatic nitrogens is 2. The average molecular weight is 227 g/mol. The smallest absolute Gasteiger partial charge is 0.109 e. The van der Waals surface area contributed by atoms with Crippen molar-refractivity contribution in [1.29, 1.82) is 0 Å². The summed E-state index contributed by atoms with van der Waals surface area (Å²) in [5.41, 5.74) is 1.99. The van der Waals surface area contributed by atoms with E-state index in [4.69, 9.17) is 16.7 Å². The summed E-state index contributed by atoms with van der Waals surface area (Å²) in [4.78, 5) is 7.68. The first kappa shape index (κ1) is 12.0. The van der Waals surface area contributed by atoms with Crippen molar-refractivity contribution in [3.8, 4) is 0 Å². The molecular formula is C11H15ClN2O. The van der Waals surface area contributed by atoms with Crippen LogP contribution < -0.4 is 0 Å². The molecule has 0 radical (unpaired) electrons. The van der Waals surface area contributed by atoms with Gasteiger partial charge >= 0.3 is 0 Å². The van der Waals surface area contributed by atoms with E-state index in [9.17, 15) is 0 Å². The molecule has 0 aliphatic carbocycles. The number of halogens is 1. The van der Waals surface area contributed by atoms with Crippen LogP contribution in [0, 0.1) is 0 Å². The normalized spacial score (nSPS) is 10.3. The lowest BCUT2D eigenvalue weighted by Crippen LogP contribution is -1.88. The molecular weight excluding hydrogens is 212 g/mol. The molecule has 4 heteroatoms.